The molecule has 0 fully saturated rings. The van der Waals surface area contributed by atoms with Gasteiger partial charge >= 0.3 is 0 Å². The maximum Gasteiger partial charge on any atom is 0.258 e. The van der Waals surface area contributed by atoms with E-state index in [1.807, 2.05) is 19.0 Å². The van der Waals surface area contributed by atoms with E-state index in [1.54, 1.807) is 6.07 Å². The quantitative estimate of drug-likeness (QED) is 0.809. The molecule has 4 nitrogen and oxygen atoms in total. The molecule has 0 N–H and O–H groups in total. The maximum atomic E-state index is 12.4. The fourth-order valence-electron chi connectivity index (χ4n) is 1.65. The smallest absolute Gasteiger partial charge is 0.258 e. The molecule has 1 rings (SSSR count). The minimum atomic E-state index is 0.0196. The number of rotatable bonds is 6. The largest absolute Gasteiger partial charge is 0.457 e. The Balaban J connectivity index is 2.75. The van der Waals surface area contributed by atoms with E-state index < -0.39 is 0 Å². The van der Waals surface area contributed by atoms with E-state index in [9.17, 15) is 4.79 Å². The standard InChI is InChI=1S/C13H21BrN2O2/c1-10(2)9-16(7-6-15(3)4)13(17)11-5-8-18-12(11)14/h5,8,10H,6-7,9H2,1-4H3. The first-order valence-electron chi connectivity index (χ1n) is 6.08. The first kappa shape index (κ1) is 15.2. The zero-order chi connectivity index (χ0) is 13.7. The van der Waals surface area contributed by atoms with Gasteiger partial charge in [-0.15, -0.1) is 0 Å². The topological polar surface area (TPSA) is 36.7 Å². The lowest BCUT2D eigenvalue weighted by Gasteiger charge is -2.25. The highest BCUT2D eigenvalue weighted by molar-refractivity contribution is 9.10. The summed E-state index contributed by atoms with van der Waals surface area (Å²) in [4.78, 5) is 16.3. The van der Waals surface area contributed by atoms with Crippen molar-refractivity contribution in [3.05, 3.63) is 22.6 Å². The summed E-state index contributed by atoms with van der Waals surface area (Å²) in [7, 11) is 4.01. The van der Waals surface area contributed by atoms with Crippen LogP contribution in [0.15, 0.2) is 21.4 Å². The Kier molecular flexibility index (Phi) is 5.88. The molecule has 0 aliphatic rings. The number of likely N-dealkylation sites (N-methyl/N-ethyl adjacent to an activating group) is 1. The van der Waals surface area contributed by atoms with Crippen molar-refractivity contribution in [2.45, 2.75) is 13.8 Å². The molecule has 0 atom stereocenters. The Morgan fingerprint density at radius 2 is 2.06 bits per heavy atom. The minimum absolute atomic E-state index is 0.0196. The molecule has 1 heterocycles. The number of furan rings is 1. The van der Waals surface area contributed by atoms with Gasteiger partial charge in [0.15, 0.2) is 4.67 Å². The summed E-state index contributed by atoms with van der Waals surface area (Å²) in [5, 5.41) is 0. The second kappa shape index (κ2) is 6.95. The van der Waals surface area contributed by atoms with Gasteiger partial charge in [0.05, 0.1) is 11.8 Å². The van der Waals surface area contributed by atoms with Gasteiger partial charge in [-0.3, -0.25) is 4.79 Å². The zero-order valence-electron chi connectivity index (χ0n) is 11.4. The van der Waals surface area contributed by atoms with Crippen LogP contribution in [0.5, 0.6) is 0 Å². The van der Waals surface area contributed by atoms with Crippen LogP contribution in [0.1, 0.15) is 24.2 Å². The molecule has 0 unspecified atom stereocenters. The molecule has 1 aromatic heterocycles. The number of carbonyl (C=O) groups is 1. The molecule has 1 amide bonds. The lowest BCUT2D eigenvalue weighted by Crippen LogP contribution is -2.38. The van der Waals surface area contributed by atoms with Gasteiger partial charge in [-0.25, -0.2) is 0 Å². The highest BCUT2D eigenvalue weighted by Crippen LogP contribution is 2.19. The summed E-state index contributed by atoms with van der Waals surface area (Å²) >= 11 is 3.26. The van der Waals surface area contributed by atoms with Crippen molar-refractivity contribution in [1.29, 1.82) is 0 Å². The van der Waals surface area contributed by atoms with Gasteiger partial charge in [-0.2, -0.15) is 0 Å². The van der Waals surface area contributed by atoms with Crippen molar-refractivity contribution in [2.75, 3.05) is 33.7 Å². The highest BCUT2D eigenvalue weighted by Gasteiger charge is 2.20. The lowest BCUT2D eigenvalue weighted by molar-refractivity contribution is 0.0722. The summed E-state index contributed by atoms with van der Waals surface area (Å²) in [5.41, 5.74) is 0.592. The van der Waals surface area contributed by atoms with Crippen LogP contribution in [-0.2, 0) is 0 Å². The molecule has 0 aromatic carbocycles. The van der Waals surface area contributed by atoms with Crippen molar-refractivity contribution >= 4 is 21.8 Å². The summed E-state index contributed by atoms with van der Waals surface area (Å²) in [6, 6.07) is 1.70. The minimum Gasteiger partial charge on any atom is -0.457 e. The van der Waals surface area contributed by atoms with Crippen molar-refractivity contribution < 1.29 is 9.21 Å². The van der Waals surface area contributed by atoms with Crippen LogP contribution in [0.2, 0.25) is 0 Å². The van der Waals surface area contributed by atoms with Gasteiger partial charge in [0.25, 0.3) is 5.91 Å². The number of carbonyl (C=O) groups excluding carboxylic acids is 1. The predicted octanol–water partition coefficient (Wildman–Crippen LogP) is 2.70. The molecule has 0 spiro atoms. The van der Waals surface area contributed by atoms with Crippen LogP contribution >= 0.6 is 15.9 Å². The first-order valence-corrected chi connectivity index (χ1v) is 6.88. The number of hydrogen-bond acceptors (Lipinski definition) is 3. The summed E-state index contributed by atoms with van der Waals surface area (Å²) in [6.45, 7) is 6.56. The third kappa shape index (κ3) is 4.46. The molecular weight excluding hydrogens is 296 g/mol. The van der Waals surface area contributed by atoms with Crippen LogP contribution in [0, 0.1) is 5.92 Å². The van der Waals surface area contributed by atoms with E-state index >= 15 is 0 Å². The molecule has 0 aliphatic heterocycles. The molecule has 1 aromatic rings. The molecule has 5 heteroatoms. The predicted molar refractivity (Wildman–Crippen MR) is 75.7 cm³/mol. The highest BCUT2D eigenvalue weighted by atomic mass is 79.9. The Hall–Kier alpha value is -0.810. The maximum absolute atomic E-state index is 12.4. The lowest BCUT2D eigenvalue weighted by atomic mass is 10.2. The first-order chi connectivity index (χ1) is 8.41. The van der Waals surface area contributed by atoms with Crippen molar-refractivity contribution in [1.82, 2.24) is 9.80 Å². The van der Waals surface area contributed by atoms with Gasteiger partial charge in [-0.1, -0.05) is 13.8 Å². The number of nitrogens with zero attached hydrogens (tertiary/aromatic N) is 2. The molecule has 0 bridgehead atoms. The van der Waals surface area contributed by atoms with E-state index in [2.05, 4.69) is 34.7 Å². The second-order valence-electron chi connectivity index (χ2n) is 5.06. The van der Waals surface area contributed by atoms with Gasteiger partial charge in [0, 0.05) is 19.6 Å². The average molecular weight is 317 g/mol. The second-order valence-corrected chi connectivity index (χ2v) is 5.78. The Morgan fingerprint density at radius 1 is 1.39 bits per heavy atom. The molecule has 102 valence electrons. The SMILES string of the molecule is CC(C)CN(CCN(C)C)C(=O)c1ccoc1Br. The Labute approximate surface area is 117 Å². The third-order valence-electron chi connectivity index (χ3n) is 2.54. The Bertz CT molecular complexity index is 388. The van der Waals surface area contributed by atoms with Gasteiger partial charge in [-0.05, 0) is 42.0 Å². The van der Waals surface area contributed by atoms with Crippen molar-refractivity contribution in [2.24, 2.45) is 5.92 Å². The number of amides is 1. The Morgan fingerprint density at radius 3 is 2.50 bits per heavy atom. The molecule has 0 saturated carbocycles. The van der Waals surface area contributed by atoms with E-state index in [4.69, 9.17) is 4.42 Å². The van der Waals surface area contributed by atoms with Crippen molar-refractivity contribution in [3.8, 4) is 0 Å². The normalized spacial score (nSPS) is 11.3. The molecule has 0 saturated heterocycles. The number of hydrogen-bond donors (Lipinski definition) is 0. The van der Waals surface area contributed by atoms with E-state index in [-0.39, 0.29) is 5.91 Å². The van der Waals surface area contributed by atoms with Crippen LogP contribution < -0.4 is 0 Å². The van der Waals surface area contributed by atoms with Crippen molar-refractivity contribution in [3.63, 3.8) is 0 Å². The number of halogens is 1. The van der Waals surface area contributed by atoms with E-state index in [0.717, 1.165) is 19.6 Å². The monoisotopic (exact) mass is 316 g/mol. The fourth-order valence-corrected chi connectivity index (χ4v) is 2.06. The summed E-state index contributed by atoms with van der Waals surface area (Å²) in [5.74, 6) is 0.466. The third-order valence-corrected chi connectivity index (χ3v) is 3.15. The van der Waals surface area contributed by atoms with Crippen LogP contribution in [-0.4, -0.2) is 49.4 Å². The van der Waals surface area contributed by atoms with Crippen LogP contribution in [0.25, 0.3) is 0 Å². The zero-order valence-corrected chi connectivity index (χ0v) is 13.0. The van der Waals surface area contributed by atoms with Gasteiger partial charge < -0.3 is 14.2 Å². The van der Waals surface area contributed by atoms with Crippen LogP contribution in [0.4, 0.5) is 0 Å². The molecular formula is C13H21BrN2O2. The summed E-state index contributed by atoms with van der Waals surface area (Å²) in [6.07, 6.45) is 1.52. The van der Waals surface area contributed by atoms with Gasteiger partial charge in [0.1, 0.15) is 0 Å². The van der Waals surface area contributed by atoms with E-state index in [0.29, 0.717) is 16.2 Å². The average Bonchev–Trinajstić information content (AvgIpc) is 2.69. The van der Waals surface area contributed by atoms with Gasteiger partial charge in [0.2, 0.25) is 0 Å². The van der Waals surface area contributed by atoms with Crippen LogP contribution in [0.3, 0.4) is 0 Å². The summed E-state index contributed by atoms with van der Waals surface area (Å²) < 4.78 is 5.63. The van der Waals surface area contributed by atoms with E-state index in [1.165, 1.54) is 6.26 Å². The molecule has 0 radical (unpaired) electrons. The fraction of sp³-hybridized carbons (Fsp3) is 0.615. The molecule has 18 heavy (non-hydrogen) atoms. The molecule has 0 aliphatic carbocycles.